The van der Waals surface area contributed by atoms with E-state index < -0.39 is 29.4 Å². The number of aryl methyl sites for hydroxylation is 1. The Kier molecular flexibility index (Phi) is 6.82. The predicted molar refractivity (Wildman–Crippen MR) is 136 cm³/mol. The van der Waals surface area contributed by atoms with Gasteiger partial charge in [0.15, 0.2) is 0 Å². The summed E-state index contributed by atoms with van der Waals surface area (Å²) in [5, 5.41) is 9.78. The zero-order valence-electron chi connectivity index (χ0n) is 20.4. The van der Waals surface area contributed by atoms with Crippen LogP contribution in [0.4, 0.5) is 4.79 Å². The lowest BCUT2D eigenvalue weighted by molar-refractivity contribution is -0.132. The van der Waals surface area contributed by atoms with Gasteiger partial charge >= 0.3 is 6.03 Å². The fourth-order valence-corrected chi connectivity index (χ4v) is 4.88. The third kappa shape index (κ3) is 5.01. The first kappa shape index (κ1) is 24.3. The van der Waals surface area contributed by atoms with Crippen LogP contribution in [0.2, 0.25) is 0 Å². The molecule has 3 aromatic rings. The van der Waals surface area contributed by atoms with Crippen molar-refractivity contribution in [2.75, 3.05) is 0 Å². The van der Waals surface area contributed by atoms with E-state index in [-0.39, 0.29) is 12.0 Å². The van der Waals surface area contributed by atoms with E-state index >= 15 is 0 Å². The summed E-state index contributed by atoms with van der Waals surface area (Å²) >= 11 is 0. The molecule has 0 radical (unpaired) electrons. The molecule has 0 spiro atoms. The average Bonchev–Trinajstić information content (AvgIpc) is 3.20. The maximum Gasteiger partial charge on any atom is 0.316 e. The zero-order chi connectivity index (χ0) is 25.2. The number of aromatic nitrogens is 1. The number of primary amides is 1. The number of carbonyl (C=O) groups excluding carboxylic acids is 3. The molecule has 184 valence electrons. The number of nitrogens with one attached hydrogen (secondary N) is 4. The molecule has 1 aliphatic rings. The molecule has 0 unspecified atom stereocenters. The molecular weight excluding hydrogens is 442 g/mol. The third-order valence-corrected chi connectivity index (χ3v) is 6.88. The molecule has 0 bridgehead atoms. The molecule has 0 aliphatic heterocycles. The second-order valence-corrected chi connectivity index (χ2v) is 9.71. The van der Waals surface area contributed by atoms with Crippen LogP contribution in [0.3, 0.4) is 0 Å². The van der Waals surface area contributed by atoms with Crippen molar-refractivity contribution in [2.24, 2.45) is 11.7 Å². The summed E-state index contributed by atoms with van der Waals surface area (Å²) in [6.45, 7) is 5.54. The van der Waals surface area contributed by atoms with Crippen molar-refractivity contribution in [3.63, 3.8) is 0 Å². The minimum absolute atomic E-state index is 0.187. The first-order valence-corrected chi connectivity index (χ1v) is 12.0. The van der Waals surface area contributed by atoms with Crippen molar-refractivity contribution >= 4 is 28.7 Å². The summed E-state index contributed by atoms with van der Waals surface area (Å²) in [4.78, 5) is 42.4. The Hall–Kier alpha value is -3.81. The number of amides is 4. The molecular formula is C27H33N5O3. The lowest BCUT2D eigenvalue weighted by Gasteiger charge is -2.38. The normalized spacial score (nSPS) is 19.0. The van der Waals surface area contributed by atoms with E-state index in [2.05, 4.69) is 20.9 Å². The van der Waals surface area contributed by atoms with Gasteiger partial charge in [-0.1, -0.05) is 62.4 Å². The molecule has 0 saturated carbocycles. The van der Waals surface area contributed by atoms with Crippen molar-refractivity contribution in [1.29, 1.82) is 0 Å². The van der Waals surface area contributed by atoms with E-state index in [0.717, 1.165) is 27.7 Å². The Bertz CT molecular complexity index is 1240. The van der Waals surface area contributed by atoms with Gasteiger partial charge in [-0.3, -0.25) is 9.59 Å². The van der Waals surface area contributed by atoms with E-state index in [1.54, 1.807) is 0 Å². The maximum absolute atomic E-state index is 13.7. The predicted octanol–water partition coefficient (Wildman–Crippen LogP) is 3.08. The molecule has 8 heteroatoms. The molecule has 0 fully saturated rings. The average molecular weight is 476 g/mol. The van der Waals surface area contributed by atoms with Crippen LogP contribution in [0.5, 0.6) is 0 Å². The molecule has 1 aromatic heterocycles. The molecule has 3 atom stereocenters. The van der Waals surface area contributed by atoms with E-state index in [1.165, 1.54) is 0 Å². The molecule has 4 rings (SSSR count). The van der Waals surface area contributed by atoms with E-state index in [4.69, 9.17) is 5.73 Å². The highest BCUT2D eigenvalue weighted by atomic mass is 16.2. The van der Waals surface area contributed by atoms with Crippen molar-refractivity contribution in [3.05, 3.63) is 71.4 Å². The standard InChI is InChI=1S/C27H33N5O3/c1-16(2)23(24(28)33)31-25(34)27(32-26(35)29-17(3)18-9-5-4-6-10-18)14-13-22-20(15-27)19-11-7-8-12-21(19)30-22/h4-12,16-17,23,30H,13-15H2,1-3H3,(H2,28,33)(H,31,34)(H2,29,32,35)/t17-,23-,27-/m0/s1. The van der Waals surface area contributed by atoms with Gasteiger partial charge in [-0.25, -0.2) is 4.79 Å². The lowest BCUT2D eigenvalue weighted by Crippen LogP contribution is -2.65. The Labute approximate surface area is 205 Å². The molecule has 35 heavy (non-hydrogen) atoms. The first-order valence-electron chi connectivity index (χ1n) is 12.0. The highest BCUT2D eigenvalue weighted by molar-refractivity contribution is 5.96. The second-order valence-electron chi connectivity index (χ2n) is 9.71. The van der Waals surface area contributed by atoms with Gasteiger partial charge in [0.1, 0.15) is 11.6 Å². The smallest absolute Gasteiger partial charge is 0.316 e. The largest absolute Gasteiger partial charge is 0.368 e. The van der Waals surface area contributed by atoms with Gasteiger partial charge in [0, 0.05) is 23.0 Å². The Morgan fingerprint density at radius 2 is 1.66 bits per heavy atom. The van der Waals surface area contributed by atoms with Crippen LogP contribution in [0.15, 0.2) is 54.6 Å². The van der Waals surface area contributed by atoms with Gasteiger partial charge in [-0.05, 0) is 42.9 Å². The Morgan fingerprint density at radius 3 is 2.34 bits per heavy atom. The van der Waals surface area contributed by atoms with Crippen LogP contribution in [-0.2, 0) is 22.4 Å². The van der Waals surface area contributed by atoms with Gasteiger partial charge in [-0.2, -0.15) is 0 Å². The molecule has 6 N–H and O–H groups in total. The number of benzene rings is 2. The van der Waals surface area contributed by atoms with Crippen LogP contribution in [0.1, 0.15) is 50.1 Å². The number of urea groups is 1. The number of aromatic amines is 1. The summed E-state index contributed by atoms with van der Waals surface area (Å²) in [5.41, 5.74) is 8.34. The Balaban J connectivity index is 1.64. The first-order chi connectivity index (χ1) is 16.7. The Morgan fingerprint density at radius 1 is 0.971 bits per heavy atom. The second kappa shape index (κ2) is 9.82. The summed E-state index contributed by atoms with van der Waals surface area (Å²) in [6, 6.07) is 16.0. The van der Waals surface area contributed by atoms with Crippen molar-refractivity contribution in [3.8, 4) is 0 Å². The summed E-state index contributed by atoms with van der Waals surface area (Å²) in [7, 11) is 0. The number of carbonyl (C=O) groups is 3. The van der Waals surface area contributed by atoms with Crippen molar-refractivity contribution in [1.82, 2.24) is 20.9 Å². The third-order valence-electron chi connectivity index (χ3n) is 6.88. The summed E-state index contributed by atoms with van der Waals surface area (Å²) in [6.07, 6.45) is 1.26. The van der Waals surface area contributed by atoms with Gasteiger partial charge < -0.3 is 26.7 Å². The van der Waals surface area contributed by atoms with E-state index in [1.807, 2.05) is 75.4 Å². The summed E-state index contributed by atoms with van der Waals surface area (Å²) in [5.74, 6) is -1.20. The van der Waals surface area contributed by atoms with Crippen LogP contribution in [0, 0.1) is 5.92 Å². The fourth-order valence-electron chi connectivity index (χ4n) is 4.88. The van der Waals surface area contributed by atoms with E-state index in [9.17, 15) is 14.4 Å². The molecule has 2 aromatic carbocycles. The van der Waals surface area contributed by atoms with Crippen LogP contribution in [0.25, 0.3) is 10.9 Å². The number of rotatable bonds is 7. The number of para-hydroxylation sites is 1. The van der Waals surface area contributed by atoms with Crippen molar-refractivity contribution in [2.45, 2.75) is 57.7 Å². The number of hydrogen-bond donors (Lipinski definition) is 5. The topological polar surface area (TPSA) is 129 Å². The van der Waals surface area contributed by atoms with Crippen LogP contribution >= 0.6 is 0 Å². The number of fused-ring (bicyclic) bond motifs is 3. The molecule has 8 nitrogen and oxygen atoms in total. The fraction of sp³-hybridized carbons (Fsp3) is 0.370. The van der Waals surface area contributed by atoms with Crippen LogP contribution < -0.4 is 21.7 Å². The van der Waals surface area contributed by atoms with Gasteiger partial charge in [0.25, 0.3) is 0 Å². The van der Waals surface area contributed by atoms with E-state index in [0.29, 0.717) is 19.3 Å². The quantitative estimate of drug-likeness (QED) is 0.360. The molecule has 0 saturated heterocycles. The van der Waals surface area contributed by atoms with Crippen molar-refractivity contribution < 1.29 is 14.4 Å². The van der Waals surface area contributed by atoms with Gasteiger partial charge in [0.05, 0.1) is 6.04 Å². The van der Waals surface area contributed by atoms with Gasteiger partial charge in [0.2, 0.25) is 11.8 Å². The number of nitrogens with two attached hydrogens (primary N) is 1. The number of H-pyrrole nitrogens is 1. The number of hydrogen-bond acceptors (Lipinski definition) is 3. The SMILES string of the molecule is CC(C)[C@H](NC(=O)[C@]1(NC(=O)N[C@@H](C)c2ccccc2)CCc2[nH]c3ccccc3c2C1)C(N)=O. The van der Waals surface area contributed by atoms with Gasteiger partial charge in [-0.15, -0.1) is 0 Å². The zero-order valence-corrected chi connectivity index (χ0v) is 20.4. The minimum Gasteiger partial charge on any atom is -0.368 e. The molecule has 1 aliphatic carbocycles. The molecule has 1 heterocycles. The maximum atomic E-state index is 13.7. The van der Waals surface area contributed by atoms with Crippen LogP contribution in [-0.4, -0.2) is 34.4 Å². The lowest BCUT2D eigenvalue weighted by atomic mass is 9.78. The highest BCUT2D eigenvalue weighted by Crippen LogP contribution is 2.34. The molecule has 4 amide bonds. The highest BCUT2D eigenvalue weighted by Gasteiger charge is 2.45. The summed E-state index contributed by atoms with van der Waals surface area (Å²) < 4.78 is 0. The minimum atomic E-state index is -1.24. The monoisotopic (exact) mass is 475 g/mol.